The number of hydrogen-bond donors (Lipinski definition) is 4. The summed E-state index contributed by atoms with van der Waals surface area (Å²) in [5, 5.41) is 13.7. The Morgan fingerprint density at radius 1 is 1.24 bits per heavy atom. The van der Waals surface area contributed by atoms with Gasteiger partial charge < -0.3 is 30.9 Å². The van der Waals surface area contributed by atoms with Crippen molar-refractivity contribution in [3.8, 4) is 0 Å². The summed E-state index contributed by atoms with van der Waals surface area (Å²) in [5.41, 5.74) is 5.12. The zero-order chi connectivity index (χ0) is 19.4. The van der Waals surface area contributed by atoms with Gasteiger partial charge in [-0.15, -0.1) is 0 Å². The van der Waals surface area contributed by atoms with Crippen molar-refractivity contribution < 1.29 is 29.0 Å². The fourth-order valence-corrected chi connectivity index (χ4v) is 2.32. The molecular formula is C16H31N3O6. The quantitative estimate of drug-likeness (QED) is 0.376. The number of methoxy groups -OCH3 is 1. The molecule has 0 aromatic rings. The maximum Gasteiger partial charge on any atom is 0.334 e. The highest BCUT2D eigenvalue weighted by Crippen LogP contribution is 2.13. The molecular weight excluding hydrogens is 330 g/mol. The Bertz CT molecular complexity index is 432. The molecule has 25 heavy (non-hydrogen) atoms. The lowest BCUT2D eigenvalue weighted by Crippen LogP contribution is -2.56. The molecule has 3 amide bonds. The van der Waals surface area contributed by atoms with E-state index in [9.17, 15) is 14.4 Å². The van der Waals surface area contributed by atoms with Crippen molar-refractivity contribution in [2.24, 2.45) is 11.7 Å². The molecule has 0 spiro atoms. The first-order chi connectivity index (χ1) is 11.8. The molecule has 4 unspecified atom stereocenters. The number of carbonyl (C=O) groups is 3. The number of ether oxygens (including phenoxy) is 2. The van der Waals surface area contributed by atoms with Gasteiger partial charge in [0.25, 0.3) is 0 Å². The molecule has 0 aliphatic rings. The summed E-state index contributed by atoms with van der Waals surface area (Å²) < 4.78 is 10.5. The molecule has 4 atom stereocenters. The van der Waals surface area contributed by atoms with Crippen LogP contribution in [0.2, 0.25) is 0 Å². The Hall–Kier alpha value is -1.87. The van der Waals surface area contributed by atoms with Crippen LogP contribution in [0.1, 0.15) is 40.0 Å². The summed E-state index contributed by atoms with van der Waals surface area (Å²) >= 11 is 0. The summed E-state index contributed by atoms with van der Waals surface area (Å²) in [6.07, 6.45) is 1.20. The smallest absolute Gasteiger partial charge is 0.334 e. The van der Waals surface area contributed by atoms with Gasteiger partial charge in [0.15, 0.2) is 6.10 Å². The van der Waals surface area contributed by atoms with Gasteiger partial charge in [0.1, 0.15) is 6.04 Å². The minimum atomic E-state index is -1.20. The molecule has 0 aromatic heterocycles. The van der Waals surface area contributed by atoms with Crippen LogP contribution < -0.4 is 16.4 Å². The molecule has 9 heteroatoms. The van der Waals surface area contributed by atoms with Gasteiger partial charge >= 0.3 is 12.0 Å². The van der Waals surface area contributed by atoms with E-state index in [0.29, 0.717) is 12.5 Å². The summed E-state index contributed by atoms with van der Waals surface area (Å²) in [5.74, 6) is -1.41. The predicted molar refractivity (Wildman–Crippen MR) is 92.1 cm³/mol. The van der Waals surface area contributed by atoms with Crippen LogP contribution in [-0.4, -0.2) is 61.5 Å². The van der Waals surface area contributed by atoms with E-state index in [2.05, 4.69) is 24.5 Å². The van der Waals surface area contributed by atoms with Crippen molar-refractivity contribution in [3.05, 3.63) is 0 Å². The Morgan fingerprint density at radius 3 is 2.32 bits per heavy atom. The zero-order valence-electron chi connectivity index (χ0n) is 15.4. The second-order valence-electron chi connectivity index (χ2n) is 5.90. The van der Waals surface area contributed by atoms with Crippen LogP contribution >= 0.6 is 0 Å². The van der Waals surface area contributed by atoms with E-state index in [1.165, 1.54) is 7.11 Å². The summed E-state index contributed by atoms with van der Waals surface area (Å²) in [4.78, 5) is 34.4. The van der Waals surface area contributed by atoms with E-state index in [0.717, 1.165) is 19.3 Å². The second-order valence-corrected chi connectivity index (χ2v) is 5.90. The third-order valence-electron chi connectivity index (χ3n) is 3.94. The first kappa shape index (κ1) is 23.1. The van der Waals surface area contributed by atoms with Crippen LogP contribution in [0.5, 0.6) is 0 Å². The van der Waals surface area contributed by atoms with Gasteiger partial charge in [0, 0.05) is 13.7 Å². The number of hydrogen-bond acceptors (Lipinski definition) is 5. The first-order valence-electron chi connectivity index (χ1n) is 8.47. The van der Waals surface area contributed by atoms with Crippen LogP contribution in [-0.2, 0) is 19.1 Å². The number of carbonyl (C=O) groups excluding carboxylic acids is 2. The fourth-order valence-electron chi connectivity index (χ4n) is 2.32. The van der Waals surface area contributed by atoms with Gasteiger partial charge in [-0.25, -0.2) is 9.59 Å². The van der Waals surface area contributed by atoms with Gasteiger partial charge in [-0.3, -0.25) is 4.79 Å². The summed E-state index contributed by atoms with van der Waals surface area (Å²) in [7, 11) is 1.23. The van der Waals surface area contributed by atoms with E-state index in [1.54, 1.807) is 6.92 Å². The Kier molecular flexibility index (Phi) is 11.6. The predicted octanol–water partition coefficient (Wildman–Crippen LogP) is 0.471. The lowest BCUT2D eigenvalue weighted by Gasteiger charge is -2.26. The number of aliphatic carboxylic acids is 1. The number of primary amides is 1. The Labute approximate surface area is 148 Å². The van der Waals surface area contributed by atoms with E-state index < -0.39 is 36.2 Å². The van der Waals surface area contributed by atoms with Crippen LogP contribution in [0.4, 0.5) is 4.79 Å². The Morgan fingerprint density at radius 2 is 1.88 bits per heavy atom. The molecule has 0 rings (SSSR count). The van der Waals surface area contributed by atoms with Gasteiger partial charge in [0.2, 0.25) is 5.91 Å². The van der Waals surface area contributed by atoms with Crippen molar-refractivity contribution in [3.63, 3.8) is 0 Å². The number of carboxylic acid groups (broad SMARTS) is 1. The maximum absolute atomic E-state index is 12.3. The van der Waals surface area contributed by atoms with E-state index in [-0.39, 0.29) is 6.54 Å². The van der Waals surface area contributed by atoms with E-state index in [4.69, 9.17) is 20.3 Å². The molecule has 0 saturated heterocycles. The average Bonchev–Trinajstić information content (AvgIpc) is 2.55. The lowest BCUT2D eigenvalue weighted by molar-refractivity contribution is -0.148. The van der Waals surface area contributed by atoms with Gasteiger partial charge in [-0.05, 0) is 19.3 Å². The second kappa shape index (κ2) is 12.5. The minimum Gasteiger partial charge on any atom is -0.479 e. The van der Waals surface area contributed by atoms with E-state index >= 15 is 0 Å². The SMILES string of the molecule is CCCC(CC)COC(C)C(NC(N)=O)C(=O)NCC(OC)C(=O)O. The molecule has 5 N–H and O–H groups in total. The summed E-state index contributed by atoms with van der Waals surface area (Å²) in [6, 6.07) is -1.89. The van der Waals surface area contributed by atoms with Crippen molar-refractivity contribution in [1.82, 2.24) is 10.6 Å². The number of urea groups is 1. The summed E-state index contributed by atoms with van der Waals surface area (Å²) in [6.45, 7) is 6.04. The number of nitrogens with one attached hydrogen (secondary N) is 2. The third-order valence-corrected chi connectivity index (χ3v) is 3.94. The molecule has 0 bridgehead atoms. The molecule has 0 aliphatic heterocycles. The largest absolute Gasteiger partial charge is 0.479 e. The molecule has 9 nitrogen and oxygen atoms in total. The fraction of sp³-hybridized carbons (Fsp3) is 0.812. The third kappa shape index (κ3) is 9.25. The number of carboxylic acids is 1. The minimum absolute atomic E-state index is 0.234. The monoisotopic (exact) mass is 361 g/mol. The van der Waals surface area contributed by atoms with Crippen molar-refractivity contribution in [1.29, 1.82) is 0 Å². The van der Waals surface area contributed by atoms with E-state index in [1.807, 2.05) is 0 Å². The van der Waals surface area contributed by atoms with Gasteiger partial charge in [-0.1, -0.05) is 26.7 Å². The van der Waals surface area contributed by atoms with Crippen molar-refractivity contribution in [2.75, 3.05) is 20.3 Å². The standard InChI is InChI=1S/C16H31N3O6/c1-5-7-11(6-2)9-25-10(3)13(19-16(17)23)14(20)18-8-12(24-4)15(21)22/h10-13H,5-9H2,1-4H3,(H,18,20)(H,21,22)(H3,17,19,23). The Balaban J connectivity index is 4.76. The highest BCUT2D eigenvalue weighted by Gasteiger charge is 2.29. The highest BCUT2D eigenvalue weighted by atomic mass is 16.5. The molecule has 146 valence electrons. The van der Waals surface area contributed by atoms with Gasteiger partial charge in [-0.2, -0.15) is 0 Å². The molecule has 0 fully saturated rings. The normalized spacial score (nSPS) is 15.7. The lowest BCUT2D eigenvalue weighted by atomic mass is 10.0. The number of rotatable bonds is 13. The van der Waals surface area contributed by atoms with Crippen LogP contribution in [0.25, 0.3) is 0 Å². The van der Waals surface area contributed by atoms with Gasteiger partial charge in [0.05, 0.1) is 12.6 Å². The topological polar surface area (TPSA) is 140 Å². The highest BCUT2D eigenvalue weighted by molar-refractivity contribution is 5.87. The maximum atomic E-state index is 12.3. The zero-order valence-corrected chi connectivity index (χ0v) is 15.4. The number of amides is 3. The van der Waals surface area contributed by atoms with Crippen molar-refractivity contribution in [2.45, 2.75) is 58.3 Å². The molecule has 0 radical (unpaired) electrons. The van der Waals surface area contributed by atoms with Crippen molar-refractivity contribution >= 4 is 17.9 Å². The molecule has 0 heterocycles. The van der Waals surface area contributed by atoms with Crippen LogP contribution in [0.15, 0.2) is 0 Å². The molecule has 0 aliphatic carbocycles. The molecule has 0 aromatic carbocycles. The van der Waals surface area contributed by atoms with Crippen LogP contribution in [0, 0.1) is 5.92 Å². The average molecular weight is 361 g/mol. The first-order valence-corrected chi connectivity index (χ1v) is 8.47. The number of nitrogens with two attached hydrogens (primary N) is 1. The molecule has 0 saturated carbocycles. The van der Waals surface area contributed by atoms with Crippen LogP contribution in [0.3, 0.4) is 0 Å².